The lowest BCUT2D eigenvalue weighted by molar-refractivity contribution is 0.272. The molecule has 0 radical (unpaired) electrons. The fourth-order valence-electron chi connectivity index (χ4n) is 6.73. The molecule has 0 unspecified atom stereocenters. The molecule has 2 aromatic rings. The molecule has 4 aliphatic rings. The number of methoxy groups -OCH3 is 1. The summed E-state index contributed by atoms with van der Waals surface area (Å²) in [5.74, 6) is 2.51. The van der Waals surface area contributed by atoms with Crippen molar-refractivity contribution in [2.75, 3.05) is 27.2 Å². The molecule has 3 N–H and O–H groups in total. The lowest BCUT2D eigenvalue weighted by Crippen LogP contribution is -2.32. The Bertz CT molecular complexity index is 1020. The van der Waals surface area contributed by atoms with Crippen molar-refractivity contribution in [3.05, 3.63) is 52.1 Å². The van der Waals surface area contributed by atoms with Crippen LogP contribution in [0.1, 0.15) is 65.3 Å². The van der Waals surface area contributed by atoms with E-state index >= 15 is 0 Å². The van der Waals surface area contributed by atoms with E-state index in [4.69, 9.17) is 4.74 Å². The topological polar surface area (TPSA) is 65.0 Å². The highest BCUT2D eigenvalue weighted by molar-refractivity contribution is 8.93. The molecule has 6 rings (SSSR count). The first-order valence-corrected chi connectivity index (χ1v) is 12.1. The summed E-state index contributed by atoms with van der Waals surface area (Å²) >= 11 is 0. The van der Waals surface area contributed by atoms with Crippen molar-refractivity contribution in [1.29, 1.82) is 0 Å². The van der Waals surface area contributed by atoms with Crippen molar-refractivity contribution in [2.45, 2.75) is 69.4 Å². The fraction of sp³-hybridized carbons (Fsp3) is 0.556. The molecule has 188 valence electrons. The zero-order valence-corrected chi connectivity index (χ0v) is 22.9. The van der Waals surface area contributed by atoms with Crippen molar-refractivity contribution in [1.82, 2.24) is 10.2 Å². The highest BCUT2D eigenvalue weighted by atomic mass is 79.9. The molecule has 0 spiro atoms. The molecule has 2 aliphatic heterocycles. The Morgan fingerprint density at radius 3 is 2.41 bits per heavy atom. The van der Waals surface area contributed by atoms with E-state index in [0.717, 1.165) is 43.0 Å². The van der Waals surface area contributed by atoms with Crippen molar-refractivity contribution in [2.24, 2.45) is 0 Å². The number of benzene rings is 2. The number of likely N-dealkylation sites (N-methyl/N-ethyl adjacent to an activating group) is 1. The van der Waals surface area contributed by atoms with E-state index < -0.39 is 0 Å². The van der Waals surface area contributed by atoms with Crippen molar-refractivity contribution in [3.8, 4) is 17.2 Å². The van der Waals surface area contributed by atoms with E-state index in [1.165, 1.54) is 48.1 Å². The third-order valence-corrected chi connectivity index (χ3v) is 8.36. The van der Waals surface area contributed by atoms with Crippen LogP contribution in [0.3, 0.4) is 0 Å². The first-order valence-electron chi connectivity index (χ1n) is 12.1. The number of hydrogen-bond acceptors (Lipinski definition) is 5. The molecule has 0 saturated carbocycles. The summed E-state index contributed by atoms with van der Waals surface area (Å²) in [6.07, 6.45) is 6.83. The molecule has 2 aliphatic carbocycles. The maximum atomic E-state index is 9.87. The Labute approximate surface area is 220 Å². The van der Waals surface area contributed by atoms with Gasteiger partial charge in [0, 0.05) is 29.5 Å². The second kappa shape index (κ2) is 11.1. The first kappa shape index (κ1) is 27.1. The van der Waals surface area contributed by atoms with E-state index in [2.05, 4.69) is 36.3 Å². The van der Waals surface area contributed by atoms with Crippen molar-refractivity contribution in [3.63, 3.8) is 0 Å². The van der Waals surface area contributed by atoms with Crippen LogP contribution in [-0.4, -0.2) is 54.4 Å². The Balaban J connectivity index is 0.000000180. The summed E-state index contributed by atoms with van der Waals surface area (Å²) < 4.78 is 5.57. The molecule has 5 nitrogen and oxygen atoms in total. The molecule has 7 heteroatoms. The summed E-state index contributed by atoms with van der Waals surface area (Å²) in [6, 6.07) is 9.46. The van der Waals surface area contributed by atoms with Gasteiger partial charge in [0.15, 0.2) is 11.5 Å². The molecular formula is C27H38BrClN2O3. The highest BCUT2D eigenvalue weighted by Gasteiger charge is 2.38. The summed E-state index contributed by atoms with van der Waals surface area (Å²) in [5.41, 5.74) is 6.48. The number of likely N-dealkylation sites (tertiary alicyclic amines) is 1. The lowest BCUT2D eigenvalue weighted by atomic mass is 9.79. The summed E-state index contributed by atoms with van der Waals surface area (Å²) in [7, 11) is 3.97. The number of phenols is 2. The smallest absolute Gasteiger partial charge is 0.160 e. The molecule has 4 atom stereocenters. The molecule has 2 heterocycles. The standard InChI is InChI=1S/C14H19NO.C13H17NO2.BrH.ClH/c1-9-3-4-10-11-7-8-15-13(11)6-5-12(10)14(9)16-2;1-14-7-6-9-8-3-5-12(15)13(16)10(8)2-4-11(9)14;;/h3-4,11,13,15H,5-8H2,1-2H3;3,5,9,11,15-16H,2,4,6-7H2,1H3;2*1H/t11-,13+;9-,11+;;/m00../s1. The minimum absolute atomic E-state index is 0. The van der Waals surface area contributed by atoms with Gasteiger partial charge in [-0.05, 0) is 93.9 Å². The first-order chi connectivity index (χ1) is 15.5. The van der Waals surface area contributed by atoms with E-state index in [-0.39, 0.29) is 40.9 Å². The number of aromatic hydroxyl groups is 2. The van der Waals surface area contributed by atoms with Crippen molar-refractivity contribution < 1.29 is 14.9 Å². The maximum absolute atomic E-state index is 9.87. The van der Waals surface area contributed by atoms with Gasteiger partial charge in [0.05, 0.1) is 7.11 Å². The number of fused-ring (bicyclic) bond motifs is 6. The van der Waals surface area contributed by atoms with Gasteiger partial charge >= 0.3 is 0 Å². The molecule has 2 aromatic carbocycles. The van der Waals surface area contributed by atoms with Gasteiger partial charge in [0.1, 0.15) is 5.75 Å². The molecule has 2 saturated heterocycles. The van der Waals surface area contributed by atoms with E-state index in [9.17, 15) is 10.2 Å². The van der Waals surface area contributed by atoms with E-state index in [0.29, 0.717) is 18.0 Å². The Morgan fingerprint density at radius 1 is 0.941 bits per heavy atom. The second-order valence-corrected chi connectivity index (χ2v) is 9.96. The van der Waals surface area contributed by atoms with Crippen LogP contribution in [0.5, 0.6) is 17.2 Å². The van der Waals surface area contributed by atoms with E-state index in [1.54, 1.807) is 13.2 Å². The third-order valence-electron chi connectivity index (χ3n) is 8.36. The quantitative estimate of drug-likeness (QED) is 0.422. The number of rotatable bonds is 1. The van der Waals surface area contributed by atoms with Crippen LogP contribution in [0.15, 0.2) is 24.3 Å². The second-order valence-electron chi connectivity index (χ2n) is 9.96. The highest BCUT2D eigenvalue weighted by Crippen LogP contribution is 2.46. The fourth-order valence-corrected chi connectivity index (χ4v) is 6.73. The van der Waals surface area contributed by atoms with Crippen LogP contribution < -0.4 is 10.1 Å². The number of aryl methyl sites for hydroxylation is 1. The Hall–Kier alpha value is -1.47. The summed E-state index contributed by atoms with van der Waals surface area (Å²) in [5, 5.41) is 23.0. The monoisotopic (exact) mass is 552 g/mol. The molecule has 0 amide bonds. The van der Waals surface area contributed by atoms with Gasteiger partial charge < -0.3 is 25.2 Å². The normalized spacial score (nSPS) is 26.4. The zero-order valence-electron chi connectivity index (χ0n) is 20.3. The maximum Gasteiger partial charge on any atom is 0.160 e. The predicted molar refractivity (Wildman–Crippen MR) is 145 cm³/mol. The number of hydrogen-bond donors (Lipinski definition) is 3. The molecule has 34 heavy (non-hydrogen) atoms. The van der Waals surface area contributed by atoms with Gasteiger partial charge in [0.2, 0.25) is 0 Å². The number of phenolic OH excluding ortho intramolecular Hbond substituents is 2. The number of nitrogens with zero attached hydrogens (tertiary/aromatic N) is 1. The molecular weight excluding hydrogens is 516 g/mol. The largest absolute Gasteiger partial charge is 0.504 e. The van der Waals surface area contributed by atoms with Gasteiger partial charge in [-0.3, -0.25) is 0 Å². The molecule has 0 bridgehead atoms. The lowest BCUT2D eigenvalue weighted by Gasteiger charge is -2.32. The SMILES string of the molecule is Br.CN1CC[C@H]2c3ccc(O)c(O)c3CC[C@H]21.COc1c(C)ccc2c1CC[C@H]1NCC[C@@H]21.Cl. The van der Waals surface area contributed by atoms with Gasteiger partial charge in [-0.15, -0.1) is 29.4 Å². The van der Waals surface area contributed by atoms with Crippen LogP contribution in [-0.2, 0) is 12.8 Å². The van der Waals surface area contributed by atoms with Gasteiger partial charge in [-0.2, -0.15) is 0 Å². The minimum Gasteiger partial charge on any atom is -0.504 e. The predicted octanol–water partition coefficient (Wildman–Crippen LogP) is 5.23. The van der Waals surface area contributed by atoms with Crippen LogP contribution in [0.4, 0.5) is 0 Å². The molecule has 0 aromatic heterocycles. The van der Waals surface area contributed by atoms with Crippen LogP contribution in [0, 0.1) is 6.92 Å². The van der Waals surface area contributed by atoms with Crippen molar-refractivity contribution >= 4 is 29.4 Å². The van der Waals surface area contributed by atoms with Crippen LogP contribution in [0.2, 0.25) is 0 Å². The van der Waals surface area contributed by atoms with Crippen LogP contribution in [0.25, 0.3) is 0 Å². The zero-order chi connectivity index (χ0) is 22.4. The third kappa shape index (κ3) is 4.67. The number of nitrogens with one attached hydrogen (secondary N) is 1. The minimum atomic E-state index is 0. The molecule has 2 fully saturated rings. The Morgan fingerprint density at radius 2 is 1.65 bits per heavy atom. The summed E-state index contributed by atoms with van der Waals surface area (Å²) in [6.45, 7) is 4.44. The number of halogens is 2. The average molecular weight is 554 g/mol. The van der Waals surface area contributed by atoms with Gasteiger partial charge in [-0.25, -0.2) is 0 Å². The summed E-state index contributed by atoms with van der Waals surface area (Å²) in [4.78, 5) is 2.41. The average Bonchev–Trinajstić information content (AvgIpc) is 3.43. The number of ether oxygens (including phenoxy) is 1. The van der Waals surface area contributed by atoms with Crippen LogP contribution >= 0.6 is 29.4 Å². The van der Waals surface area contributed by atoms with Gasteiger partial charge in [0.25, 0.3) is 0 Å². The van der Waals surface area contributed by atoms with E-state index in [1.807, 2.05) is 6.07 Å². The Kier molecular flexibility index (Phi) is 8.83. The van der Waals surface area contributed by atoms with Gasteiger partial charge in [-0.1, -0.05) is 18.2 Å².